The molecule has 0 radical (unpaired) electrons. The Bertz CT molecular complexity index is 1820. The summed E-state index contributed by atoms with van der Waals surface area (Å²) < 4.78 is 2.06. The van der Waals surface area contributed by atoms with Gasteiger partial charge in [-0.2, -0.15) is 0 Å². The maximum Gasteiger partial charge on any atom is 0.270 e. The van der Waals surface area contributed by atoms with E-state index in [1.165, 1.54) is 0 Å². The van der Waals surface area contributed by atoms with Crippen molar-refractivity contribution in [3.05, 3.63) is 102 Å². The molecule has 42 heavy (non-hydrogen) atoms. The van der Waals surface area contributed by atoms with Gasteiger partial charge in [0.1, 0.15) is 34.4 Å². The van der Waals surface area contributed by atoms with E-state index in [2.05, 4.69) is 30.0 Å². The van der Waals surface area contributed by atoms with Crippen molar-refractivity contribution >= 4 is 29.0 Å². The molecule has 2 aliphatic carbocycles. The van der Waals surface area contributed by atoms with E-state index >= 15 is 0 Å². The molecule has 4 aromatic heterocycles. The van der Waals surface area contributed by atoms with Crippen molar-refractivity contribution in [2.45, 2.75) is 50.0 Å². The molecule has 4 heterocycles. The first kappa shape index (κ1) is 25.8. The number of nitrogens with one attached hydrogen (secondary N) is 2. The molecule has 7 rings (SSSR count). The number of rotatable bonds is 6. The van der Waals surface area contributed by atoms with Crippen LogP contribution in [-0.4, -0.2) is 41.7 Å². The lowest BCUT2D eigenvalue weighted by Gasteiger charge is -2.28. The Labute approximate surface area is 242 Å². The zero-order valence-corrected chi connectivity index (χ0v) is 23.2. The van der Waals surface area contributed by atoms with Crippen molar-refractivity contribution in [2.24, 2.45) is 0 Å². The zero-order valence-electron chi connectivity index (χ0n) is 23.2. The summed E-state index contributed by atoms with van der Waals surface area (Å²) in [6.45, 7) is 1.95. The normalized spacial score (nSPS) is 21.0. The third-order valence-electron chi connectivity index (χ3n) is 8.75. The molecule has 5 aromatic rings. The number of amides is 2. The van der Waals surface area contributed by atoms with Crippen LogP contribution in [0.2, 0.25) is 0 Å². The summed E-state index contributed by atoms with van der Waals surface area (Å²) in [5, 5.41) is 6.16. The molecular weight excluding hydrogens is 528 g/mol. The highest BCUT2D eigenvalue weighted by atomic mass is 16.2. The van der Waals surface area contributed by atoms with Gasteiger partial charge in [-0.1, -0.05) is 18.2 Å². The maximum absolute atomic E-state index is 13.0. The van der Waals surface area contributed by atoms with Crippen LogP contribution in [0.15, 0.2) is 79.4 Å². The van der Waals surface area contributed by atoms with E-state index in [0.29, 0.717) is 22.9 Å². The Morgan fingerprint density at radius 2 is 1.71 bits per heavy atom. The van der Waals surface area contributed by atoms with Crippen LogP contribution in [0.5, 0.6) is 0 Å². The van der Waals surface area contributed by atoms with E-state index in [1.807, 2.05) is 43.5 Å². The van der Waals surface area contributed by atoms with Crippen molar-refractivity contribution < 1.29 is 9.59 Å². The van der Waals surface area contributed by atoms with Gasteiger partial charge in [0.2, 0.25) is 0 Å². The van der Waals surface area contributed by atoms with Gasteiger partial charge < -0.3 is 16.4 Å². The minimum absolute atomic E-state index is 0.141. The minimum Gasteiger partial charge on any atom is -0.382 e. The van der Waals surface area contributed by atoms with Crippen LogP contribution < -0.4 is 16.4 Å². The molecule has 2 bridgehead atoms. The first-order valence-electron chi connectivity index (χ1n) is 14.1. The van der Waals surface area contributed by atoms with E-state index < -0.39 is 0 Å². The van der Waals surface area contributed by atoms with Crippen LogP contribution in [0, 0.1) is 6.92 Å². The first-order chi connectivity index (χ1) is 20.3. The molecule has 2 fully saturated rings. The topological polar surface area (TPSA) is 140 Å². The molecule has 0 spiro atoms. The fraction of sp³-hybridized carbons (Fsp3) is 0.250. The number of nitrogens with two attached hydrogens (primary N) is 1. The van der Waals surface area contributed by atoms with Gasteiger partial charge in [-0.15, -0.1) is 0 Å². The van der Waals surface area contributed by atoms with E-state index in [-0.39, 0.29) is 22.8 Å². The summed E-state index contributed by atoms with van der Waals surface area (Å²) in [7, 11) is 0. The highest BCUT2D eigenvalue weighted by Gasteiger charge is 2.57. The van der Waals surface area contributed by atoms with Crippen LogP contribution in [0.1, 0.15) is 64.3 Å². The van der Waals surface area contributed by atoms with Crippen LogP contribution in [0.25, 0.3) is 16.8 Å². The fourth-order valence-electron chi connectivity index (χ4n) is 6.69. The molecule has 2 amide bonds. The molecule has 0 aliphatic heterocycles. The predicted octanol–water partition coefficient (Wildman–Crippen LogP) is 4.71. The lowest BCUT2D eigenvalue weighted by atomic mass is 9.83. The molecule has 10 nitrogen and oxygen atoms in total. The number of anilines is 2. The van der Waals surface area contributed by atoms with Crippen LogP contribution in [-0.2, 0) is 5.41 Å². The number of benzene rings is 1. The molecule has 10 heteroatoms. The van der Waals surface area contributed by atoms with Gasteiger partial charge in [0, 0.05) is 46.9 Å². The Hall–Kier alpha value is -5.12. The minimum atomic E-state index is -0.291. The average molecular weight is 559 g/mol. The second-order valence-corrected chi connectivity index (χ2v) is 11.5. The summed E-state index contributed by atoms with van der Waals surface area (Å²) in [6, 6.07) is 16.4. The number of pyridine rings is 2. The SMILES string of the molecule is Cc1ccnc(NC(=O)c2ccc(-c3nc(C45CCC(NC(=O)c6ccccn6)(CC4)C5)n4ccnc(N)c34)cc2)c1. The highest BCUT2D eigenvalue weighted by Crippen LogP contribution is 2.57. The van der Waals surface area contributed by atoms with Gasteiger partial charge in [0.25, 0.3) is 11.8 Å². The molecule has 210 valence electrons. The number of hydrogen-bond donors (Lipinski definition) is 3. The largest absolute Gasteiger partial charge is 0.382 e. The highest BCUT2D eigenvalue weighted by molar-refractivity contribution is 6.04. The van der Waals surface area contributed by atoms with Gasteiger partial charge in [-0.05, 0) is 81.0 Å². The van der Waals surface area contributed by atoms with Gasteiger partial charge in [-0.25, -0.2) is 15.0 Å². The second kappa shape index (κ2) is 9.76. The lowest BCUT2D eigenvalue weighted by molar-refractivity contribution is 0.0895. The molecule has 2 saturated carbocycles. The molecule has 2 aliphatic rings. The van der Waals surface area contributed by atoms with E-state index in [1.54, 1.807) is 42.9 Å². The van der Waals surface area contributed by atoms with Crippen molar-refractivity contribution in [2.75, 3.05) is 11.1 Å². The van der Waals surface area contributed by atoms with Gasteiger partial charge in [0.15, 0.2) is 0 Å². The molecule has 0 unspecified atom stereocenters. The number of carbonyl (C=O) groups is 2. The Morgan fingerprint density at radius 3 is 2.45 bits per heavy atom. The number of imidazole rings is 1. The molecule has 1 aromatic carbocycles. The molecule has 4 N–H and O–H groups in total. The fourth-order valence-corrected chi connectivity index (χ4v) is 6.69. The maximum atomic E-state index is 13.0. The standard InChI is InChI=1S/C32H30N8O2/c1-20-9-15-35-24(18-20)37-28(41)22-7-5-21(6-8-22)25-26-27(33)36-16-17-40(26)30(38-25)31-10-12-32(19-31,13-11-31)39-29(42)23-4-2-3-14-34-23/h2-9,14-18H,10-13,19H2,1H3,(H2,33,36)(H,39,42)(H,35,37,41). The van der Waals surface area contributed by atoms with Crippen LogP contribution in [0.3, 0.4) is 0 Å². The summed E-state index contributed by atoms with van der Waals surface area (Å²) in [5.41, 5.74) is 10.2. The molecule has 0 atom stereocenters. The third-order valence-corrected chi connectivity index (χ3v) is 8.75. The van der Waals surface area contributed by atoms with Gasteiger partial charge in [0.05, 0.1) is 0 Å². The number of carbonyl (C=O) groups excluding carboxylic acids is 2. The van der Waals surface area contributed by atoms with Gasteiger partial charge >= 0.3 is 0 Å². The predicted molar refractivity (Wildman–Crippen MR) is 159 cm³/mol. The monoisotopic (exact) mass is 558 g/mol. The van der Waals surface area contributed by atoms with Crippen LogP contribution >= 0.6 is 0 Å². The first-order valence-corrected chi connectivity index (χ1v) is 14.1. The Morgan fingerprint density at radius 1 is 0.905 bits per heavy atom. The van der Waals surface area contributed by atoms with Crippen molar-refractivity contribution in [3.63, 3.8) is 0 Å². The Balaban J connectivity index is 1.19. The van der Waals surface area contributed by atoms with Crippen LogP contribution in [0.4, 0.5) is 11.6 Å². The third kappa shape index (κ3) is 4.36. The summed E-state index contributed by atoms with van der Waals surface area (Å²) in [4.78, 5) is 43.9. The Kier molecular flexibility index (Phi) is 6.00. The average Bonchev–Trinajstić information content (AvgIpc) is 3.69. The van der Waals surface area contributed by atoms with E-state index in [4.69, 9.17) is 10.7 Å². The number of nitrogens with zero attached hydrogens (tertiary/aromatic N) is 5. The number of fused-ring (bicyclic) bond motifs is 3. The second-order valence-electron chi connectivity index (χ2n) is 11.5. The number of nitrogen functional groups attached to an aromatic ring is 1. The quantitative estimate of drug-likeness (QED) is 0.274. The summed E-state index contributed by atoms with van der Waals surface area (Å²) >= 11 is 0. The number of hydrogen-bond acceptors (Lipinski definition) is 7. The summed E-state index contributed by atoms with van der Waals surface area (Å²) in [6.07, 6.45) is 11.3. The number of aromatic nitrogens is 5. The van der Waals surface area contributed by atoms with E-state index in [9.17, 15) is 9.59 Å². The summed E-state index contributed by atoms with van der Waals surface area (Å²) in [5.74, 6) is 1.45. The van der Waals surface area contributed by atoms with Crippen molar-refractivity contribution in [3.8, 4) is 11.3 Å². The number of aryl methyl sites for hydroxylation is 1. The van der Waals surface area contributed by atoms with Crippen molar-refractivity contribution in [1.29, 1.82) is 0 Å². The van der Waals surface area contributed by atoms with E-state index in [0.717, 1.165) is 60.3 Å². The van der Waals surface area contributed by atoms with Gasteiger partial charge in [-0.3, -0.25) is 19.0 Å². The molecule has 0 saturated heterocycles. The molecular formula is C32H30N8O2. The van der Waals surface area contributed by atoms with Crippen molar-refractivity contribution in [1.82, 2.24) is 29.7 Å². The lowest BCUT2D eigenvalue weighted by Crippen LogP contribution is -2.45. The smallest absolute Gasteiger partial charge is 0.270 e. The zero-order chi connectivity index (χ0) is 28.9.